The molecule has 1 unspecified atom stereocenters. The lowest BCUT2D eigenvalue weighted by atomic mass is 9.98. The molecule has 0 bridgehead atoms. The highest BCUT2D eigenvalue weighted by atomic mass is 16.3. The van der Waals surface area contributed by atoms with Crippen LogP contribution in [0.15, 0.2) is 22.6 Å². The van der Waals surface area contributed by atoms with E-state index >= 15 is 0 Å². The number of aromatic nitrogens is 1. The number of oxazole rings is 1. The second-order valence-corrected chi connectivity index (χ2v) is 4.86. The van der Waals surface area contributed by atoms with Crippen molar-refractivity contribution in [1.82, 2.24) is 4.98 Å². The summed E-state index contributed by atoms with van der Waals surface area (Å²) in [5.74, 6) is 1.66. The molecule has 1 atom stereocenters. The molecular formula is C14H15NO2. The Morgan fingerprint density at radius 2 is 2.35 bits per heavy atom. The summed E-state index contributed by atoms with van der Waals surface area (Å²) in [5.41, 5.74) is 2.93. The van der Waals surface area contributed by atoms with Gasteiger partial charge < -0.3 is 9.21 Å². The molecule has 0 spiro atoms. The van der Waals surface area contributed by atoms with Crippen molar-refractivity contribution in [3.63, 3.8) is 0 Å². The summed E-state index contributed by atoms with van der Waals surface area (Å²) in [6.07, 6.45) is 3.91. The molecule has 3 rings (SSSR count). The van der Waals surface area contributed by atoms with E-state index in [4.69, 9.17) is 4.42 Å². The van der Waals surface area contributed by atoms with Gasteiger partial charge in [0.05, 0.1) is 0 Å². The van der Waals surface area contributed by atoms with E-state index in [1.165, 1.54) is 12.8 Å². The zero-order valence-electron chi connectivity index (χ0n) is 9.85. The van der Waals surface area contributed by atoms with Gasteiger partial charge in [-0.1, -0.05) is 13.0 Å². The van der Waals surface area contributed by atoms with E-state index < -0.39 is 0 Å². The van der Waals surface area contributed by atoms with Crippen LogP contribution < -0.4 is 0 Å². The fourth-order valence-electron chi connectivity index (χ4n) is 2.05. The molecule has 1 fully saturated rings. The summed E-state index contributed by atoms with van der Waals surface area (Å²) in [5, 5.41) is 0. The maximum Gasteiger partial charge on any atom is 0.198 e. The summed E-state index contributed by atoms with van der Waals surface area (Å²) in [4.78, 5) is 15.0. The maximum atomic E-state index is 10.5. The van der Waals surface area contributed by atoms with Crippen molar-refractivity contribution in [3.05, 3.63) is 29.7 Å². The lowest BCUT2D eigenvalue weighted by Gasteiger charge is -2.06. The van der Waals surface area contributed by atoms with Gasteiger partial charge in [0.25, 0.3) is 0 Å². The van der Waals surface area contributed by atoms with Crippen LogP contribution in [0.1, 0.15) is 49.5 Å². The van der Waals surface area contributed by atoms with Gasteiger partial charge in [-0.15, -0.1) is 0 Å². The average molecular weight is 229 g/mol. The van der Waals surface area contributed by atoms with Gasteiger partial charge in [-0.3, -0.25) is 0 Å². The van der Waals surface area contributed by atoms with Crippen LogP contribution in [-0.2, 0) is 4.79 Å². The summed E-state index contributed by atoms with van der Waals surface area (Å²) >= 11 is 0. The summed E-state index contributed by atoms with van der Waals surface area (Å²) in [7, 11) is 0. The number of nitrogens with zero attached hydrogens (tertiary/aromatic N) is 1. The molecule has 2 aromatic rings. The van der Waals surface area contributed by atoms with E-state index in [0.717, 1.165) is 28.8 Å². The molecule has 1 aliphatic carbocycles. The third kappa shape index (κ3) is 1.97. The van der Waals surface area contributed by atoms with E-state index in [1.807, 2.05) is 18.2 Å². The molecule has 0 saturated heterocycles. The minimum atomic E-state index is 0.248. The Kier molecular flexibility index (Phi) is 2.46. The quantitative estimate of drug-likeness (QED) is 0.755. The predicted octanol–water partition coefficient (Wildman–Crippen LogP) is 3.40. The van der Waals surface area contributed by atoms with Crippen molar-refractivity contribution in [3.8, 4) is 0 Å². The van der Waals surface area contributed by atoms with Gasteiger partial charge >= 0.3 is 0 Å². The van der Waals surface area contributed by atoms with Crippen LogP contribution in [0.5, 0.6) is 0 Å². The highest BCUT2D eigenvalue weighted by Gasteiger charge is 2.28. The van der Waals surface area contributed by atoms with Gasteiger partial charge in [-0.2, -0.15) is 0 Å². The van der Waals surface area contributed by atoms with Gasteiger partial charge in [0.2, 0.25) is 0 Å². The van der Waals surface area contributed by atoms with Crippen LogP contribution in [0.2, 0.25) is 0 Å². The van der Waals surface area contributed by atoms with Gasteiger partial charge in [0, 0.05) is 12.3 Å². The van der Waals surface area contributed by atoms with Crippen molar-refractivity contribution in [2.75, 3.05) is 0 Å². The van der Waals surface area contributed by atoms with E-state index in [9.17, 15) is 4.79 Å². The monoisotopic (exact) mass is 229 g/mol. The van der Waals surface area contributed by atoms with E-state index in [1.54, 1.807) is 0 Å². The number of fused-ring (bicyclic) bond motifs is 1. The number of benzene rings is 1. The van der Waals surface area contributed by atoms with Gasteiger partial charge in [0.1, 0.15) is 11.8 Å². The van der Waals surface area contributed by atoms with E-state index in [-0.39, 0.29) is 5.92 Å². The maximum absolute atomic E-state index is 10.5. The van der Waals surface area contributed by atoms with Gasteiger partial charge in [-0.05, 0) is 36.5 Å². The van der Waals surface area contributed by atoms with Gasteiger partial charge in [0.15, 0.2) is 11.5 Å². The Morgan fingerprint density at radius 3 is 3.06 bits per heavy atom. The molecule has 3 nitrogen and oxygen atoms in total. The van der Waals surface area contributed by atoms with Crippen LogP contribution in [0.3, 0.4) is 0 Å². The first-order chi connectivity index (χ1) is 8.28. The first-order valence-corrected chi connectivity index (χ1v) is 6.12. The second-order valence-electron chi connectivity index (χ2n) is 4.86. The SMILES string of the molecule is CC(CC=O)c1ccc2oc(C3CC3)nc2c1. The number of hydrogen-bond donors (Lipinski definition) is 0. The van der Waals surface area contributed by atoms with E-state index in [2.05, 4.69) is 11.9 Å². The molecule has 88 valence electrons. The lowest BCUT2D eigenvalue weighted by molar-refractivity contribution is -0.108. The Bertz CT molecular complexity index is 554. The number of aldehydes is 1. The zero-order valence-corrected chi connectivity index (χ0v) is 9.85. The topological polar surface area (TPSA) is 43.1 Å². The molecule has 17 heavy (non-hydrogen) atoms. The molecule has 0 radical (unpaired) electrons. The standard InChI is InChI=1S/C14H15NO2/c1-9(6-7-16)11-4-5-13-12(8-11)15-14(17-13)10-2-3-10/h4-5,7-10H,2-3,6H2,1H3. The molecule has 0 amide bonds. The lowest BCUT2D eigenvalue weighted by Crippen LogP contribution is -1.93. The van der Waals surface area contributed by atoms with Crippen molar-refractivity contribution in [1.29, 1.82) is 0 Å². The Labute approximate surface area is 99.8 Å². The first kappa shape index (κ1) is 10.5. The molecule has 0 aliphatic heterocycles. The third-order valence-electron chi connectivity index (χ3n) is 3.37. The Hall–Kier alpha value is -1.64. The molecule has 1 heterocycles. The summed E-state index contributed by atoms with van der Waals surface area (Å²) in [6, 6.07) is 6.03. The molecular weight excluding hydrogens is 214 g/mol. The van der Waals surface area contributed by atoms with Crippen LogP contribution in [-0.4, -0.2) is 11.3 Å². The van der Waals surface area contributed by atoms with Crippen molar-refractivity contribution in [2.45, 2.75) is 38.0 Å². The van der Waals surface area contributed by atoms with Crippen LogP contribution in [0.25, 0.3) is 11.1 Å². The number of carbonyl (C=O) groups is 1. The van der Waals surface area contributed by atoms with Crippen LogP contribution >= 0.6 is 0 Å². The fraction of sp³-hybridized carbons (Fsp3) is 0.429. The summed E-state index contributed by atoms with van der Waals surface area (Å²) < 4.78 is 5.71. The largest absolute Gasteiger partial charge is 0.440 e. The fourth-order valence-corrected chi connectivity index (χ4v) is 2.05. The predicted molar refractivity (Wildman–Crippen MR) is 65.1 cm³/mol. The molecule has 1 aliphatic rings. The van der Waals surface area contributed by atoms with Crippen molar-refractivity contribution < 1.29 is 9.21 Å². The molecule has 1 aromatic heterocycles. The second kappa shape index (κ2) is 3.99. The number of hydrogen-bond acceptors (Lipinski definition) is 3. The van der Waals surface area contributed by atoms with Crippen LogP contribution in [0, 0.1) is 0 Å². The summed E-state index contributed by atoms with van der Waals surface area (Å²) in [6.45, 7) is 2.05. The van der Waals surface area contributed by atoms with Crippen molar-refractivity contribution >= 4 is 17.4 Å². The average Bonchev–Trinajstić information content (AvgIpc) is 3.08. The Morgan fingerprint density at radius 1 is 1.53 bits per heavy atom. The van der Waals surface area contributed by atoms with Crippen molar-refractivity contribution in [2.24, 2.45) is 0 Å². The molecule has 0 N–H and O–H groups in total. The highest BCUT2D eigenvalue weighted by molar-refractivity contribution is 5.74. The minimum absolute atomic E-state index is 0.248. The number of rotatable bonds is 4. The molecule has 1 aromatic carbocycles. The smallest absolute Gasteiger partial charge is 0.198 e. The number of carbonyl (C=O) groups excluding carboxylic acids is 1. The minimum Gasteiger partial charge on any atom is -0.440 e. The normalized spacial score (nSPS) is 17.2. The third-order valence-corrected chi connectivity index (χ3v) is 3.37. The van der Waals surface area contributed by atoms with Crippen LogP contribution in [0.4, 0.5) is 0 Å². The molecule has 1 saturated carbocycles. The van der Waals surface area contributed by atoms with E-state index in [0.29, 0.717) is 12.3 Å². The highest BCUT2D eigenvalue weighted by Crippen LogP contribution is 2.40. The van der Waals surface area contributed by atoms with Gasteiger partial charge in [-0.25, -0.2) is 4.98 Å². The Balaban J connectivity index is 1.96. The first-order valence-electron chi connectivity index (χ1n) is 6.12. The zero-order chi connectivity index (χ0) is 11.8. The molecule has 3 heteroatoms.